The van der Waals surface area contributed by atoms with E-state index in [0.717, 1.165) is 6.54 Å². The summed E-state index contributed by atoms with van der Waals surface area (Å²) in [5.74, 6) is 0. The standard InChI is InChI=1S/C7H16N2.C3H8.C2H6/c1-6-5-9(3)7(2)4-8-6;1-3-2;1-2/h6-8H,4-5H2,1-3H3;3H2,1-2H3;1-2H3. The molecular weight excluding hydrogens is 172 g/mol. The molecule has 0 aliphatic carbocycles. The first-order valence-electron chi connectivity index (χ1n) is 6.05. The molecule has 0 amide bonds. The second-order valence-corrected chi connectivity index (χ2v) is 3.80. The van der Waals surface area contributed by atoms with Crippen LogP contribution in [0.4, 0.5) is 0 Å². The van der Waals surface area contributed by atoms with Crippen LogP contribution >= 0.6 is 0 Å². The molecule has 2 heteroatoms. The Morgan fingerprint density at radius 2 is 1.64 bits per heavy atom. The minimum absolute atomic E-state index is 0.672. The molecule has 2 unspecified atom stereocenters. The zero-order valence-corrected chi connectivity index (χ0v) is 11.2. The van der Waals surface area contributed by atoms with Crippen molar-refractivity contribution in [2.75, 3.05) is 20.1 Å². The van der Waals surface area contributed by atoms with Crippen LogP contribution in [0.25, 0.3) is 0 Å². The Morgan fingerprint density at radius 1 is 1.21 bits per heavy atom. The van der Waals surface area contributed by atoms with Gasteiger partial charge in [-0.2, -0.15) is 0 Å². The highest BCUT2D eigenvalue weighted by molar-refractivity contribution is 4.78. The molecular formula is C12H30N2. The molecule has 1 saturated heterocycles. The lowest BCUT2D eigenvalue weighted by molar-refractivity contribution is 0.182. The Morgan fingerprint density at radius 3 is 1.93 bits per heavy atom. The Balaban J connectivity index is 0. The summed E-state index contributed by atoms with van der Waals surface area (Å²) in [6, 6.07) is 1.38. The summed E-state index contributed by atoms with van der Waals surface area (Å²) in [4.78, 5) is 2.39. The summed E-state index contributed by atoms with van der Waals surface area (Å²) in [5.41, 5.74) is 0. The number of rotatable bonds is 0. The van der Waals surface area contributed by atoms with Gasteiger partial charge < -0.3 is 10.2 Å². The number of nitrogens with one attached hydrogen (secondary N) is 1. The lowest BCUT2D eigenvalue weighted by atomic mass is 10.2. The van der Waals surface area contributed by atoms with E-state index in [2.05, 4.69) is 45.0 Å². The largest absolute Gasteiger partial charge is 0.311 e. The summed E-state index contributed by atoms with van der Waals surface area (Å²) in [7, 11) is 2.18. The Labute approximate surface area is 91.1 Å². The zero-order chi connectivity index (χ0) is 11.6. The van der Waals surface area contributed by atoms with E-state index in [4.69, 9.17) is 0 Å². The maximum atomic E-state index is 3.42. The smallest absolute Gasteiger partial charge is 0.0190 e. The van der Waals surface area contributed by atoms with Crippen LogP contribution in [-0.2, 0) is 0 Å². The van der Waals surface area contributed by atoms with Crippen LogP contribution in [-0.4, -0.2) is 37.1 Å². The molecule has 1 fully saturated rings. The van der Waals surface area contributed by atoms with Gasteiger partial charge in [-0.3, -0.25) is 0 Å². The Kier molecular flexibility index (Phi) is 12.8. The fraction of sp³-hybridized carbons (Fsp3) is 1.00. The van der Waals surface area contributed by atoms with Gasteiger partial charge in [0.2, 0.25) is 0 Å². The predicted molar refractivity (Wildman–Crippen MR) is 66.9 cm³/mol. The highest BCUT2D eigenvalue weighted by Crippen LogP contribution is 2.01. The molecule has 14 heavy (non-hydrogen) atoms. The second kappa shape index (κ2) is 11.0. The third-order valence-corrected chi connectivity index (χ3v) is 2.08. The van der Waals surface area contributed by atoms with Crippen LogP contribution in [0, 0.1) is 0 Å². The molecule has 1 aliphatic rings. The van der Waals surface area contributed by atoms with Crippen molar-refractivity contribution >= 4 is 0 Å². The van der Waals surface area contributed by atoms with E-state index in [0.29, 0.717) is 12.1 Å². The third-order valence-electron chi connectivity index (χ3n) is 2.08. The van der Waals surface area contributed by atoms with Gasteiger partial charge in [-0.15, -0.1) is 0 Å². The van der Waals surface area contributed by atoms with E-state index in [1.807, 2.05) is 13.8 Å². The van der Waals surface area contributed by atoms with Crippen LogP contribution in [0.3, 0.4) is 0 Å². The summed E-state index contributed by atoms with van der Waals surface area (Å²) in [5, 5.41) is 3.42. The fourth-order valence-electron chi connectivity index (χ4n) is 1.20. The summed E-state index contributed by atoms with van der Waals surface area (Å²) >= 11 is 0. The van der Waals surface area contributed by atoms with Crippen LogP contribution < -0.4 is 5.32 Å². The predicted octanol–water partition coefficient (Wildman–Crippen LogP) is 2.74. The van der Waals surface area contributed by atoms with Crippen LogP contribution in [0.2, 0.25) is 0 Å². The molecule has 1 N–H and O–H groups in total. The first-order valence-corrected chi connectivity index (χ1v) is 6.05. The first-order chi connectivity index (χ1) is 6.61. The molecule has 1 rings (SSSR count). The van der Waals surface area contributed by atoms with Crippen molar-refractivity contribution in [3.05, 3.63) is 0 Å². The van der Waals surface area contributed by atoms with Crippen LogP contribution in [0.15, 0.2) is 0 Å². The lowest BCUT2D eigenvalue weighted by Crippen LogP contribution is -2.52. The molecule has 2 atom stereocenters. The van der Waals surface area contributed by atoms with E-state index in [1.165, 1.54) is 13.0 Å². The quantitative estimate of drug-likeness (QED) is 0.650. The molecule has 0 aromatic carbocycles. The van der Waals surface area contributed by atoms with Gasteiger partial charge >= 0.3 is 0 Å². The normalized spacial score (nSPS) is 26.8. The Hall–Kier alpha value is -0.0800. The molecule has 0 radical (unpaired) electrons. The topological polar surface area (TPSA) is 15.3 Å². The average Bonchev–Trinajstić information content (AvgIpc) is 2.17. The molecule has 0 spiro atoms. The molecule has 88 valence electrons. The van der Waals surface area contributed by atoms with Crippen molar-refractivity contribution in [2.24, 2.45) is 0 Å². The van der Waals surface area contributed by atoms with Crippen molar-refractivity contribution in [3.8, 4) is 0 Å². The van der Waals surface area contributed by atoms with E-state index in [9.17, 15) is 0 Å². The molecule has 1 heterocycles. The highest BCUT2D eigenvalue weighted by Gasteiger charge is 2.17. The molecule has 0 aromatic rings. The van der Waals surface area contributed by atoms with E-state index in [-0.39, 0.29) is 0 Å². The monoisotopic (exact) mass is 202 g/mol. The molecule has 0 bridgehead atoms. The maximum absolute atomic E-state index is 3.42. The summed E-state index contributed by atoms with van der Waals surface area (Å²) < 4.78 is 0. The molecule has 0 aromatic heterocycles. The highest BCUT2D eigenvalue weighted by atomic mass is 15.2. The molecule has 1 aliphatic heterocycles. The SMILES string of the molecule is CC.CC1CN(C)C(C)CN1.CCC. The van der Waals surface area contributed by atoms with Crippen molar-refractivity contribution in [3.63, 3.8) is 0 Å². The van der Waals surface area contributed by atoms with E-state index in [1.54, 1.807) is 0 Å². The van der Waals surface area contributed by atoms with Crippen molar-refractivity contribution in [1.29, 1.82) is 0 Å². The zero-order valence-electron chi connectivity index (χ0n) is 11.2. The molecule has 0 saturated carbocycles. The number of hydrogen-bond acceptors (Lipinski definition) is 2. The maximum Gasteiger partial charge on any atom is 0.0190 e. The van der Waals surface area contributed by atoms with Crippen molar-refractivity contribution < 1.29 is 0 Å². The minimum Gasteiger partial charge on any atom is -0.311 e. The van der Waals surface area contributed by atoms with Gasteiger partial charge in [-0.05, 0) is 20.9 Å². The number of likely N-dealkylation sites (N-methyl/N-ethyl adjacent to an activating group) is 1. The van der Waals surface area contributed by atoms with Crippen molar-refractivity contribution in [1.82, 2.24) is 10.2 Å². The van der Waals surface area contributed by atoms with Gasteiger partial charge in [0.25, 0.3) is 0 Å². The van der Waals surface area contributed by atoms with Gasteiger partial charge in [0.05, 0.1) is 0 Å². The summed E-state index contributed by atoms with van der Waals surface area (Å²) in [6.45, 7) is 15.0. The number of piperazine rings is 1. The van der Waals surface area contributed by atoms with Gasteiger partial charge in [-0.25, -0.2) is 0 Å². The minimum atomic E-state index is 0.672. The van der Waals surface area contributed by atoms with E-state index >= 15 is 0 Å². The second-order valence-electron chi connectivity index (χ2n) is 3.80. The van der Waals surface area contributed by atoms with Crippen molar-refractivity contribution in [2.45, 2.75) is 60.0 Å². The average molecular weight is 202 g/mol. The van der Waals surface area contributed by atoms with Crippen LogP contribution in [0.5, 0.6) is 0 Å². The van der Waals surface area contributed by atoms with Gasteiger partial charge in [0.15, 0.2) is 0 Å². The third kappa shape index (κ3) is 8.52. The fourth-order valence-corrected chi connectivity index (χ4v) is 1.20. The lowest BCUT2D eigenvalue weighted by Gasteiger charge is -2.34. The Bertz CT molecular complexity index is 104. The number of nitrogens with zero attached hydrogens (tertiary/aromatic N) is 1. The van der Waals surface area contributed by atoms with Crippen LogP contribution in [0.1, 0.15) is 48.0 Å². The van der Waals surface area contributed by atoms with E-state index < -0.39 is 0 Å². The van der Waals surface area contributed by atoms with Gasteiger partial charge in [0.1, 0.15) is 0 Å². The number of hydrogen-bond donors (Lipinski definition) is 1. The van der Waals surface area contributed by atoms with Gasteiger partial charge in [0, 0.05) is 25.2 Å². The first kappa shape index (κ1) is 16.4. The summed E-state index contributed by atoms with van der Waals surface area (Å²) in [6.07, 6.45) is 1.25. The molecule has 2 nitrogen and oxygen atoms in total. The van der Waals surface area contributed by atoms with Gasteiger partial charge in [-0.1, -0.05) is 34.1 Å².